The van der Waals surface area contributed by atoms with Gasteiger partial charge in [-0.05, 0) is 43.2 Å². The third-order valence-electron chi connectivity index (χ3n) is 3.46. The summed E-state index contributed by atoms with van der Waals surface area (Å²) in [4.78, 5) is 24.1. The summed E-state index contributed by atoms with van der Waals surface area (Å²) in [6.45, 7) is 5.90. The summed E-state index contributed by atoms with van der Waals surface area (Å²) < 4.78 is 4.88. The standard InChI is InChI=1S/C15H23N5O3S/c1-3-23-15(22)5-4-8-20-18-14(17-19-20)9-12-10-16-7-6-13(12)24-11(2)21/h9,13,16H,3-8,10H2,1-2H3. The molecule has 1 aliphatic rings. The lowest BCUT2D eigenvalue weighted by Gasteiger charge is -2.24. The fourth-order valence-electron chi connectivity index (χ4n) is 2.42. The summed E-state index contributed by atoms with van der Waals surface area (Å²) in [5, 5.41) is 15.9. The summed E-state index contributed by atoms with van der Waals surface area (Å²) in [6.07, 6.45) is 3.74. The second-order valence-corrected chi connectivity index (χ2v) is 6.81. The molecule has 2 heterocycles. The van der Waals surface area contributed by atoms with Crippen LogP contribution in [0.4, 0.5) is 0 Å². The zero-order valence-electron chi connectivity index (χ0n) is 14.0. The van der Waals surface area contributed by atoms with Crippen LogP contribution in [-0.2, 0) is 20.9 Å². The van der Waals surface area contributed by atoms with E-state index in [9.17, 15) is 9.59 Å². The number of rotatable bonds is 7. The first kappa shape index (κ1) is 18.6. The number of hydrogen-bond acceptors (Lipinski definition) is 8. The van der Waals surface area contributed by atoms with Crippen LogP contribution in [-0.4, -0.2) is 56.2 Å². The number of piperidine rings is 1. The Balaban J connectivity index is 1.91. The quantitative estimate of drug-likeness (QED) is 0.726. The maximum atomic E-state index is 11.4. The minimum atomic E-state index is -0.211. The zero-order valence-corrected chi connectivity index (χ0v) is 14.8. The van der Waals surface area contributed by atoms with Crippen LogP contribution in [0, 0.1) is 0 Å². The van der Waals surface area contributed by atoms with Gasteiger partial charge in [0, 0.05) is 25.1 Å². The van der Waals surface area contributed by atoms with Crippen LogP contribution in [0.1, 0.15) is 38.9 Å². The number of esters is 1. The molecule has 1 saturated heterocycles. The van der Waals surface area contributed by atoms with E-state index in [2.05, 4.69) is 20.7 Å². The van der Waals surface area contributed by atoms with Crippen LogP contribution in [0.2, 0.25) is 0 Å². The second-order valence-electron chi connectivity index (χ2n) is 5.43. The van der Waals surface area contributed by atoms with E-state index < -0.39 is 0 Å². The number of ether oxygens (including phenoxy) is 1. The average Bonchev–Trinajstić information content (AvgIpc) is 2.96. The van der Waals surface area contributed by atoms with E-state index >= 15 is 0 Å². The second kappa shape index (κ2) is 9.53. The number of nitrogens with zero attached hydrogens (tertiary/aromatic N) is 4. The third-order valence-corrected chi connectivity index (χ3v) is 4.62. The third kappa shape index (κ3) is 6.04. The summed E-state index contributed by atoms with van der Waals surface area (Å²) in [5.41, 5.74) is 1.10. The lowest BCUT2D eigenvalue weighted by atomic mass is 10.1. The van der Waals surface area contributed by atoms with Gasteiger partial charge in [0.05, 0.1) is 13.2 Å². The van der Waals surface area contributed by atoms with Crippen molar-refractivity contribution in [3.63, 3.8) is 0 Å². The van der Waals surface area contributed by atoms with Crippen LogP contribution < -0.4 is 5.32 Å². The number of carbonyl (C=O) groups is 2. The van der Waals surface area contributed by atoms with Crippen molar-refractivity contribution in [3.8, 4) is 0 Å². The highest BCUT2D eigenvalue weighted by atomic mass is 32.2. The number of carbonyl (C=O) groups excluding carboxylic acids is 2. The first-order valence-electron chi connectivity index (χ1n) is 8.10. The van der Waals surface area contributed by atoms with E-state index in [0.717, 1.165) is 25.1 Å². The molecule has 9 heteroatoms. The maximum absolute atomic E-state index is 11.4. The van der Waals surface area contributed by atoms with Crippen LogP contribution in [0.5, 0.6) is 0 Å². The lowest BCUT2D eigenvalue weighted by Crippen LogP contribution is -2.32. The Bertz CT molecular complexity index is 602. The number of hydrogen-bond donors (Lipinski definition) is 1. The maximum Gasteiger partial charge on any atom is 0.305 e. The molecule has 0 saturated carbocycles. The number of aromatic nitrogens is 4. The van der Waals surface area contributed by atoms with Crippen molar-refractivity contribution in [2.24, 2.45) is 0 Å². The number of thioether (sulfide) groups is 1. The highest BCUT2D eigenvalue weighted by Crippen LogP contribution is 2.26. The van der Waals surface area contributed by atoms with Gasteiger partial charge in [-0.2, -0.15) is 4.80 Å². The smallest absolute Gasteiger partial charge is 0.305 e. The number of tetrazole rings is 1. The van der Waals surface area contributed by atoms with E-state index in [-0.39, 0.29) is 16.3 Å². The molecule has 1 fully saturated rings. The van der Waals surface area contributed by atoms with Crippen molar-refractivity contribution in [1.29, 1.82) is 0 Å². The molecule has 0 spiro atoms. The first-order valence-corrected chi connectivity index (χ1v) is 8.98. The van der Waals surface area contributed by atoms with Gasteiger partial charge in [-0.1, -0.05) is 11.8 Å². The highest BCUT2D eigenvalue weighted by molar-refractivity contribution is 8.14. The topological polar surface area (TPSA) is 99.0 Å². The van der Waals surface area contributed by atoms with E-state index in [1.54, 1.807) is 13.8 Å². The van der Waals surface area contributed by atoms with Gasteiger partial charge < -0.3 is 10.1 Å². The molecule has 24 heavy (non-hydrogen) atoms. The fraction of sp³-hybridized carbons (Fsp3) is 0.667. The first-order chi connectivity index (χ1) is 11.6. The molecule has 0 aliphatic carbocycles. The summed E-state index contributed by atoms with van der Waals surface area (Å²) in [7, 11) is 0. The Morgan fingerprint density at radius 1 is 1.50 bits per heavy atom. The van der Waals surface area contributed by atoms with Crippen LogP contribution in [0.15, 0.2) is 5.57 Å². The molecule has 1 N–H and O–H groups in total. The van der Waals surface area contributed by atoms with E-state index in [4.69, 9.17) is 4.74 Å². The van der Waals surface area contributed by atoms with Crippen molar-refractivity contribution in [3.05, 3.63) is 11.4 Å². The van der Waals surface area contributed by atoms with E-state index in [1.807, 2.05) is 6.08 Å². The molecule has 8 nitrogen and oxygen atoms in total. The van der Waals surface area contributed by atoms with Gasteiger partial charge in [-0.3, -0.25) is 9.59 Å². The van der Waals surface area contributed by atoms with E-state index in [1.165, 1.54) is 16.6 Å². The Kier molecular flexibility index (Phi) is 7.38. The highest BCUT2D eigenvalue weighted by Gasteiger charge is 2.21. The van der Waals surface area contributed by atoms with Crippen molar-refractivity contribution < 1.29 is 14.3 Å². The largest absolute Gasteiger partial charge is 0.466 e. The summed E-state index contributed by atoms with van der Waals surface area (Å²) in [6, 6.07) is 0. The minimum absolute atomic E-state index is 0.114. The fourth-order valence-corrected chi connectivity index (χ4v) is 3.36. The summed E-state index contributed by atoms with van der Waals surface area (Å²) >= 11 is 1.35. The van der Waals surface area contributed by atoms with Crippen LogP contribution in [0.3, 0.4) is 0 Å². The number of nitrogens with one attached hydrogen (secondary N) is 1. The van der Waals surface area contributed by atoms with Crippen LogP contribution >= 0.6 is 11.8 Å². The number of aryl methyl sites for hydroxylation is 1. The van der Waals surface area contributed by atoms with Gasteiger partial charge in [-0.25, -0.2) is 0 Å². The monoisotopic (exact) mass is 353 g/mol. The van der Waals surface area contributed by atoms with Gasteiger partial charge in [0.1, 0.15) is 0 Å². The molecule has 0 aromatic carbocycles. The molecule has 1 aromatic rings. The molecule has 0 amide bonds. The van der Waals surface area contributed by atoms with Gasteiger partial charge in [0.25, 0.3) is 0 Å². The molecule has 1 aliphatic heterocycles. The molecule has 1 unspecified atom stereocenters. The Morgan fingerprint density at radius 3 is 3.08 bits per heavy atom. The van der Waals surface area contributed by atoms with Gasteiger partial charge in [0.15, 0.2) is 10.9 Å². The molecule has 1 atom stereocenters. The summed E-state index contributed by atoms with van der Waals surface area (Å²) in [5.74, 6) is 0.316. The molecule has 132 valence electrons. The minimum Gasteiger partial charge on any atom is -0.466 e. The Hall–Kier alpha value is -1.74. The Labute approximate surface area is 145 Å². The average molecular weight is 353 g/mol. The SMILES string of the molecule is CCOC(=O)CCCn1nnc(C=C2CNCCC2SC(C)=O)n1. The van der Waals surface area contributed by atoms with Gasteiger partial charge >= 0.3 is 5.97 Å². The normalized spacial score (nSPS) is 19.4. The molecule has 0 bridgehead atoms. The molecule has 2 rings (SSSR count). The van der Waals surface area contributed by atoms with Crippen molar-refractivity contribution in [1.82, 2.24) is 25.5 Å². The van der Waals surface area contributed by atoms with E-state index in [0.29, 0.717) is 31.8 Å². The molecule has 0 radical (unpaired) electrons. The molecule has 1 aromatic heterocycles. The van der Waals surface area contributed by atoms with Gasteiger partial charge in [-0.15, -0.1) is 10.2 Å². The molecular formula is C15H23N5O3S. The van der Waals surface area contributed by atoms with Crippen molar-refractivity contribution in [2.45, 2.75) is 44.9 Å². The zero-order chi connectivity index (χ0) is 17.4. The Morgan fingerprint density at radius 2 is 2.33 bits per heavy atom. The van der Waals surface area contributed by atoms with Gasteiger partial charge in [0.2, 0.25) is 0 Å². The lowest BCUT2D eigenvalue weighted by molar-refractivity contribution is -0.143. The predicted molar refractivity (Wildman–Crippen MR) is 91.2 cm³/mol. The van der Waals surface area contributed by atoms with Crippen molar-refractivity contribution in [2.75, 3.05) is 19.7 Å². The van der Waals surface area contributed by atoms with Crippen molar-refractivity contribution >= 4 is 28.9 Å². The van der Waals surface area contributed by atoms with Crippen LogP contribution in [0.25, 0.3) is 6.08 Å². The predicted octanol–water partition coefficient (Wildman–Crippen LogP) is 1.04. The molecular weight excluding hydrogens is 330 g/mol.